The first-order valence-corrected chi connectivity index (χ1v) is 4.99. The summed E-state index contributed by atoms with van der Waals surface area (Å²) >= 11 is 0. The Hall–Kier alpha value is -0.320. The molecular formula is C10H21ClN2O2. The lowest BCUT2D eigenvalue weighted by Gasteiger charge is -2.27. The van der Waals surface area contributed by atoms with Gasteiger partial charge in [0.1, 0.15) is 0 Å². The molecule has 0 bridgehead atoms. The average Bonchev–Trinajstić information content (AvgIpc) is 2.82. The van der Waals surface area contributed by atoms with Crippen molar-refractivity contribution < 1.29 is 9.90 Å². The Kier molecular flexibility index (Phi) is 4.58. The average molecular weight is 237 g/mol. The standard InChI is InChI=1S/C10H20N2O2.ClH/c1-9(2,3)7(11)8(14)12-10(6-13)4-5-10;/h7,13H,4-6,11H2,1-3H3,(H,12,14);1H/t7-;/m1./s1. The van der Waals surface area contributed by atoms with Crippen molar-refractivity contribution in [2.24, 2.45) is 11.1 Å². The van der Waals surface area contributed by atoms with E-state index in [-0.39, 0.29) is 35.9 Å². The van der Waals surface area contributed by atoms with Crippen LogP contribution >= 0.6 is 12.4 Å². The van der Waals surface area contributed by atoms with Gasteiger partial charge >= 0.3 is 0 Å². The zero-order valence-electron chi connectivity index (χ0n) is 9.54. The van der Waals surface area contributed by atoms with E-state index in [0.717, 1.165) is 12.8 Å². The second-order valence-corrected chi connectivity index (χ2v) is 5.27. The monoisotopic (exact) mass is 236 g/mol. The van der Waals surface area contributed by atoms with Crippen LogP contribution in [0.5, 0.6) is 0 Å². The topological polar surface area (TPSA) is 75.4 Å². The molecule has 4 nitrogen and oxygen atoms in total. The smallest absolute Gasteiger partial charge is 0.237 e. The Morgan fingerprint density at radius 2 is 2.00 bits per heavy atom. The van der Waals surface area contributed by atoms with Crippen LogP contribution < -0.4 is 11.1 Å². The van der Waals surface area contributed by atoms with E-state index in [2.05, 4.69) is 5.32 Å². The van der Waals surface area contributed by atoms with Crippen molar-refractivity contribution in [2.45, 2.75) is 45.2 Å². The summed E-state index contributed by atoms with van der Waals surface area (Å²) < 4.78 is 0. The van der Waals surface area contributed by atoms with Gasteiger partial charge in [-0.25, -0.2) is 0 Å². The predicted octanol–water partition coefficient (Wildman–Crippen LogP) is 0.423. The van der Waals surface area contributed by atoms with Crippen LogP contribution in [0.25, 0.3) is 0 Å². The van der Waals surface area contributed by atoms with Gasteiger partial charge in [-0.15, -0.1) is 12.4 Å². The third-order valence-corrected chi connectivity index (χ3v) is 2.76. The summed E-state index contributed by atoms with van der Waals surface area (Å²) in [6.45, 7) is 5.79. The number of halogens is 1. The van der Waals surface area contributed by atoms with E-state index in [1.165, 1.54) is 0 Å². The molecule has 0 aliphatic heterocycles. The molecule has 0 spiro atoms. The van der Waals surface area contributed by atoms with E-state index in [0.29, 0.717) is 0 Å². The fourth-order valence-corrected chi connectivity index (χ4v) is 1.21. The fourth-order valence-electron chi connectivity index (χ4n) is 1.21. The first-order chi connectivity index (χ1) is 6.31. The van der Waals surface area contributed by atoms with Gasteiger partial charge in [-0.2, -0.15) is 0 Å². The minimum atomic E-state index is -0.522. The molecule has 0 aromatic rings. The van der Waals surface area contributed by atoms with Crippen LogP contribution in [0.3, 0.4) is 0 Å². The molecule has 0 heterocycles. The number of nitrogens with one attached hydrogen (secondary N) is 1. The van der Waals surface area contributed by atoms with E-state index < -0.39 is 6.04 Å². The molecule has 5 heteroatoms. The maximum absolute atomic E-state index is 11.7. The Balaban J connectivity index is 0.00000196. The van der Waals surface area contributed by atoms with Crippen LogP contribution in [0.1, 0.15) is 33.6 Å². The largest absolute Gasteiger partial charge is 0.394 e. The molecule has 0 unspecified atom stereocenters. The van der Waals surface area contributed by atoms with Gasteiger partial charge in [0.2, 0.25) is 5.91 Å². The van der Waals surface area contributed by atoms with Crippen molar-refractivity contribution in [3.8, 4) is 0 Å². The lowest BCUT2D eigenvalue weighted by molar-refractivity contribution is -0.125. The second kappa shape index (κ2) is 4.68. The quantitative estimate of drug-likeness (QED) is 0.665. The number of aliphatic hydroxyl groups is 1. The first kappa shape index (κ1) is 14.7. The number of nitrogens with two attached hydrogens (primary N) is 1. The molecular weight excluding hydrogens is 216 g/mol. The maximum Gasteiger partial charge on any atom is 0.237 e. The SMILES string of the molecule is CC(C)(C)[C@H](N)C(=O)NC1(CO)CC1.Cl. The summed E-state index contributed by atoms with van der Waals surface area (Å²) in [7, 11) is 0. The molecule has 15 heavy (non-hydrogen) atoms. The molecule has 0 aromatic carbocycles. The zero-order chi connectivity index (χ0) is 11.0. The summed E-state index contributed by atoms with van der Waals surface area (Å²) in [5, 5.41) is 11.8. The van der Waals surface area contributed by atoms with Crippen LogP contribution in [0.4, 0.5) is 0 Å². The highest BCUT2D eigenvalue weighted by Crippen LogP contribution is 2.35. The molecule has 0 aromatic heterocycles. The van der Waals surface area contributed by atoms with Crippen LogP contribution in [0.15, 0.2) is 0 Å². The molecule has 1 rings (SSSR count). The van der Waals surface area contributed by atoms with E-state index in [4.69, 9.17) is 10.8 Å². The molecule has 1 aliphatic rings. The van der Waals surface area contributed by atoms with Gasteiger partial charge in [-0.3, -0.25) is 4.79 Å². The van der Waals surface area contributed by atoms with Crippen LogP contribution in [-0.2, 0) is 4.79 Å². The Bertz CT molecular complexity index is 234. The van der Waals surface area contributed by atoms with Gasteiger partial charge in [0.05, 0.1) is 18.2 Å². The second-order valence-electron chi connectivity index (χ2n) is 5.27. The highest BCUT2D eigenvalue weighted by molar-refractivity contribution is 5.85. The van der Waals surface area contributed by atoms with Gasteiger partial charge in [0.15, 0.2) is 0 Å². The third kappa shape index (κ3) is 3.63. The minimum absolute atomic E-state index is 0. The van der Waals surface area contributed by atoms with Crippen LogP contribution in [0.2, 0.25) is 0 Å². The molecule has 1 saturated carbocycles. The molecule has 1 amide bonds. The molecule has 1 aliphatic carbocycles. The molecule has 1 atom stereocenters. The van der Waals surface area contributed by atoms with Crippen LogP contribution in [-0.4, -0.2) is 29.2 Å². The number of carbonyl (C=O) groups excluding carboxylic acids is 1. The first-order valence-electron chi connectivity index (χ1n) is 4.99. The number of hydrogen-bond donors (Lipinski definition) is 3. The molecule has 4 N–H and O–H groups in total. The number of aliphatic hydroxyl groups excluding tert-OH is 1. The molecule has 0 saturated heterocycles. The van der Waals surface area contributed by atoms with E-state index in [1.54, 1.807) is 0 Å². The summed E-state index contributed by atoms with van der Waals surface area (Å²) in [6, 6.07) is -0.522. The Morgan fingerprint density at radius 1 is 1.53 bits per heavy atom. The van der Waals surface area contributed by atoms with Crippen molar-refractivity contribution in [2.75, 3.05) is 6.61 Å². The normalized spacial score (nSPS) is 20.1. The van der Waals surface area contributed by atoms with Crippen molar-refractivity contribution >= 4 is 18.3 Å². The summed E-state index contributed by atoms with van der Waals surface area (Å²) in [4.78, 5) is 11.7. The van der Waals surface area contributed by atoms with Gasteiger partial charge < -0.3 is 16.2 Å². The van der Waals surface area contributed by atoms with Crippen molar-refractivity contribution in [1.29, 1.82) is 0 Å². The number of hydrogen-bond acceptors (Lipinski definition) is 3. The number of carbonyl (C=O) groups is 1. The van der Waals surface area contributed by atoms with E-state index in [9.17, 15) is 4.79 Å². The van der Waals surface area contributed by atoms with E-state index >= 15 is 0 Å². The van der Waals surface area contributed by atoms with Crippen molar-refractivity contribution in [1.82, 2.24) is 5.32 Å². The minimum Gasteiger partial charge on any atom is -0.394 e. The summed E-state index contributed by atoms with van der Waals surface area (Å²) in [5.74, 6) is -0.163. The zero-order valence-corrected chi connectivity index (χ0v) is 10.4. The van der Waals surface area contributed by atoms with Gasteiger partial charge in [-0.1, -0.05) is 20.8 Å². The van der Waals surface area contributed by atoms with Gasteiger partial charge in [0, 0.05) is 0 Å². The van der Waals surface area contributed by atoms with Crippen molar-refractivity contribution in [3.63, 3.8) is 0 Å². The lowest BCUT2D eigenvalue weighted by Crippen LogP contribution is -2.53. The fraction of sp³-hybridized carbons (Fsp3) is 0.900. The third-order valence-electron chi connectivity index (χ3n) is 2.76. The lowest BCUT2D eigenvalue weighted by atomic mass is 9.87. The van der Waals surface area contributed by atoms with Gasteiger partial charge in [0.25, 0.3) is 0 Å². The Morgan fingerprint density at radius 3 is 2.27 bits per heavy atom. The van der Waals surface area contributed by atoms with Crippen LogP contribution in [0, 0.1) is 5.41 Å². The summed E-state index contributed by atoms with van der Waals surface area (Å²) in [5.41, 5.74) is 5.19. The Labute approximate surface area is 97.0 Å². The highest BCUT2D eigenvalue weighted by Gasteiger charge is 2.45. The predicted molar refractivity (Wildman–Crippen MR) is 61.9 cm³/mol. The van der Waals surface area contributed by atoms with Crippen molar-refractivity contribution in [3.05, 3.63) is 0 Å². The highest BCUT2D eigenvalue weighted by atomic mass is 35.5. The molecule has 90 valence electrons. The van der Waals surface area contributed by atoms with E-state index in [1.807, 2.05) is 20.8 Å². The maximum atomic E-state index is 11.7. The molecule has 1 fully saturated rings. The molecule has 0 radical (unpaired) electrons. The van der Waals surface area contributed by atoms with Gasteiger partial charge in [-0.05, 0) is 18.3 Å². The summed E-state index contributed by atoms with van der Waals surface area (Å²) in [6.07, 6.45) is 1.71. The number of rotatable bonds is 3. The number of amides is 1.